The largest absolute Gasteiger partial charge is 0.487 e. The van der Waals surface area contributed by atoms with E-state index in [1.807, 2.05) is 94.4 Å². The molecule has 13 heteroatoms. The number of nitriles is 1. The molecule has 0 aliphatic carbocycles. The highest BCUT2D eigenvalue weighted by atomic mass is 32.2. The van der Waals surface area contributed by atoms with Crippen LogP contribution in [0.2, 0.25) is 0 Å². The second-order valence-corrected chi connectivity index (χ2v) is 20.0. The molecule has 0 saturated heterocycles. The predicted octanol–water partition coefficient (Wildman–Crippen LogP) is 12.8. The Kier molecular flexibility index (Phi) is 14.3. The summed E-state index contributed by atoms with van der Waals surface area (Å²) in [7, 11) is -9.64. The van der Waals surface area contributed by atoms with E-state index < -0.39 is 52.2 Å². The molecule has 2 N–H and O–H groups in total. The number of aryl methyl sites for hydroxylation is 1. The first-order valence-corrected chi connectivity index (χ1v) is 24.6. The van der Waals surface area contributed by atoms with Crippen LogP contribution in [0.1, 0.15) is 112 Å². The van der Waals surface area contributed by atoms with Gasteiger partial charge in [-0.05, 0) is 134 Å². The molecule has 0 spiro atoms. The maximum Gasteiger partial charge on any atom is 0.298 e. The van der Waals surface area contributed by atoms with Gasteiger partial charge in [0.1, 0.15) is 45.3 Å². The molecule has 6 aromatic carbocycles. The van der Waals surface area contributed by atoms with Crippen molar-refractivity contribution < 1.29 is 44.9 Å². The minimum atomic E-state index is -4.92. The van der Waals surface area contributed by atoms with E-state index in [1.54, 1.807) is 24.3 Å². The number of benzene rings is 6. The summed E-state index contributed by atoms with van der Waals surface area (Å²) in [4.78, 5) is 12.5. The van der Waals surface area contributed by atoms with Crippen LogP contribution in [0.25, 0.3) is 11.1 Å². The van der Waals surface area contributed by atoms with Crippen molar-refractivity contribution in [3.8, 4) is 45.9 Å². The number of ketones is 1. The molecular formula is C53H55NO10S2. The Morgan fingerprint density at radius 3 is 1.59 bits per heavy atom. The molecule has 11 nitrogen and oxygen atoms in total. The van der Waals surface area contributed by atoms with Gasteiger partial charge in [0.2, 0.25) is 0 Å². The molecule has 1 atom stereocenters. The molecule has 66 heavy (non-hydrogen) atoms. The summed E-state index contributed by atoms with van der Waals surface area (Å²) in [6.45, 7) is 15.9. The standard InChI is InChI=1S/C53H55NO10S2/c1-9-51(6,7)45-30-22-38(32-48(45)65(56,57)58)50(55)39-23-31-47(49(33-39)66(59,60)61)63-41-26-18-36(19-27-41)37-20-28-42(29-21-37)64-52(8,10-2)53(11-3,12-4)44-14-13-15-46(43(44)34-54)62-40-24-16-35(5)17-25-40/h13-33H,9-12H2,1-8H3,(H,56,57,58)(H,59,60,61). The first-order chi connectivity index (χ1) is 31.1. The normalized spacial score (nSPS) is 13.0. The topological polar surface area (TPSA) is 177 Å². The second-order valence-electron chi connectivity index (χ2n) is 17.2. The highest BCUT2D eigenvalue weighted by Gasteiger charge is 2.49. The van der Waals surface area contributed by atoms with Gasteiger partial charge >= 0.3 is 0 Å². The molecule has 6 rings (SSSR count). The van der Waals surface area contributed by atoms with Crippen LogP contribution in [0.5, 0.6) is 28.7 Å². The molecule has 0 aliphatic heterocycles. The third-order valence-corrected chi connectivity index (χ3v) is 14.8. The summed E-state index contributed by atoms with van der Waals surface area (Å²) in [6, 6.07) is 37.8. The molecule has 1 unspecified atom stereocenters. The quantitative estimate of drug-likeness (QED) is 0.0619. The van der Waals surface area contributed by atoms with Gasteiger partial charge < -0.3 is 14.2 Å². The Morgan fingerprint density at radius 1 is 0.591 bits per heavy atom. The van der Waals surface area contributed by atoms with Gasteiger partial charge in [-0.25, -0.2) is 0 Å². The number of hydrogen-bond donors (Lipinski definition) is 2. The maximum atomic E-state index is 13.6. The van der Waals surface area contributed by atoms with E-state index in [0.29, 0.717) is 54.1 Å². The Hall–Kier alpha value is -6.30. The summed E-state index contributed by atoms with van der Waals surface area (Å²) in [6.07, 6.45) is 2.59. The van der Waals surface area contributed by atoms with Crippen LogP contribution in [0.4, 0.5) is 0 Å². The van der Waals surface area contributed by atoms with E-state index in [0.717, 1.165) is 34.4 Å². The van der Waals surface area contributed by atoms with E-state index in [2.05, 4.69) is 33.8 Å². The third kappa shape index (κ3) is 10.1. The van der Waals surface area contributed by atoms with Crippen molar-refractivity contribution in [1.29, 1.82) is 5.26 Å². The van der Waals surface area contributed by atoms with Crippen molar-refractivity contribution in [2.45, 2.75) is 107 Å². The molecular weight excluding hydrogens is 875 g/mol. The average Bonchev–Trinajstić information content (AvgIpc) is 3.30. The first kappa shape index (κ1) is 49.1. The maximum absolute atomic E-state index is 13.6. The monoisotopic (exact) mass is 929 g/mol. The average molecular weight is 930 g/mol. The molecule has 0 heterocycles. The van der Waals surface area contributed by atoms with E-state index >= 15 is 0 Å². The number of hydrogen-bond acceptors (Lipinski definition) is 9. The summed E-state index contributed by atoms with van der Waals surface area (Å²) < 4.78 is 89.2. The lowest BCUT2D eigenvalue weighted by molar-refractivity contribution is -0.00845. The van der Waals surface area contributed by atoms with E-state index in [4.69, 9.17) is 14.2 Å². The van der Waals surface area contributed by atoms with Crippen LogP contribution in [0.15, 0.2) is 137 Å². The Labute approximate surface area is 388 Å². The lowest BCUT2D eigenvalue weighted by atomic mass is 9.62. The Morgan fingerprint density at radius 2 is 1.09 bits per heavy atom. The van der Waals surface area contributed by atoms with E-state index in [-0.39, 0.29) is 22.6 Å². The molecule has 344 valence electrons. The highest BCUT2D eigenvalue weighted by Crippen LogP contribution is 2.49. The van der Waals surface area contributed by atoms with Crippen LogP contribution in [-0.4, -0.2) is 37.3 Å². The van der Waals surface area contributed by atoms with Gasteiger partial charge in [-0.15, -0.1) is 0 Å². The highest BCUT2D eigenvalue weighted by molar-refractivity contribution is 7.86. The van der Waals surface area contributed by atoms with Gasteiger partial charge in [0.15, 0.2) is 5.78 Å². The fourth-order valence-electron chi connectivity index (χ4n) is 8.58. The van der Waals surface area contributed by atoms with Crippen LogP contribution in [-0.2, 0) is 31.1 Å². The molecule has 6 aromatic rings. The van der Waals surface area contributed by atoms with Crippen LogP contribution in [0.3, 0.4) is 0 Å². The number of ether oxygens (including phenoxy) is 3. The van der Waals surface area contributed by atoms with Gasteiger partial charge in [0.05, 0.1) is 10.5 Å². The zero-order valence-electron chi connectivity index (χ0n) is 38.4. The van der Waals surface area contributed by atoms with Gasteiger partial charge in [0, 0.05) is 16.5 Å². The predicted molar refractivity (Wildman–Crippen MR) is 255 cm³/mol. The molecule has 0 bridgehead atoms. The number of carbonyl (C=O) groups is 1. The lowest BCUT2D eigenvalue weighted by Crippen LogP contribution is -2.53. The van der Waals surface area contributed by atoms with E-state index in [9.17, 15) is 36.0 Å². The van der Waals surface area contributed by atoms with Gasteiger partial charge in [-0.1, -0.05) is 108 Å². The number of nitrogens with zero attached hydrogens (tertiary/aromatic N) is 1. The van der Waals surface area contributed by atoms with Gasteiger partial charge in [-0.3, -0.25) is 13.9 Å². The second kappa shape index (κ2) is 19.3. The molecule has 0 radical (unpaired) electrons. The smallest absolute Gasteiger partial charge is 0.298 e. The van der Waals surface area contributed by atoms with Crippen molar-refractivity contribution in [2.24, 2.45) is 0 Å². The summed E-state index contributed by atoms with van der Waals surface area (Å²) in [5.74, 6) is 1.04. The third-order valence-electron chi connectivity index (χ3n) is 13.0. The molecule has 0 aromatic heterocycles. The fraction of sp³-hybridized carbons (Fsp3) is 0.283. The lowest BCUT2D eigenvalue weighted by Gasteiger charge is -2.48. The van der Waals surface area contributed by atoms with Gasteiger partial charge in [0.25, 0.3) is 20.2 Å². The minimum Gasteiger partial charge on any atom is -0.487 e. The van der Waals surface area contributed by atoms with Crippen LogP contribution in [0, 0.1) is 18.3 Å². The number of rotatable bonds is 18. The first-order valence-electron chi connectivity index (χ1n) is 21.8. The summed E-state index contributed by atoms with van der Waals surface area (Å²) in [5, 5.41) is 10.6. The zero-order chi connectivity index (χ0) is 48.2. The summed E-state index contributed by atoms with van der Waals surface area (Å²) in [5.41, 5.74) is 2.23. The van der Waals surface area contributed by atoms with Gasteiger partial charge in [-0.2, -0.15) is 22.1 Å². The molecule has 0 aliphatic rings. The van der Waals surface area contributed by atoms with Crippen molar-refractivity contribution in [3.05, 3.63) is 161 Å². The van der Waals surface area contributed by atoms with Crippen molar-refractivity contribution >= 4 is 26.0 Å². The summed E-state index contributed by atoms with van der Waals surface area (Å²) >= 11 is 0. The SMILES string of the molecule is CCC(C)(C)c1ccc(C(=O)c2ccc(Oc3ccc(-c4ccc(OC(C)(CC)C(CC)(CC)c5cccc(Oc6ccc(C)cc6)c5C#N)cc4)cc3)c(S(=O)(=O)O)c2)cc1S(=O)(=O)O. The molecule has 0 amide bonds. The number of carbonyl (C=O) groups excluding carboxylic acids is 1. The van der Waals surface area contributed by atoms with E-state index in [1.165, 1.54) is 24.3 Å². The van der Waals surface area contributed by atoms with Crippen LogP contribution < -0.4 is 14.2 Å². The molecule has 0 saturated carbocycles. The van der Waals surface area contributed by atoms with Crippen molar-refractivity contribution in [1.82, 2.24) is 0 Å². The zero-order valence-corrected chi connectivity index (χ0v) is 40.0. The fourth-order valence-corrected chi connectivity index (χ4v) is 10.1. The van der Waals surface area contributed by atoms with Crippen molar-refractivity contribution in [2.75, 3.05) is 0 Å². The minimum absolute atomic E-state index is 0.113. The molecule has 0 fully saturated rings. The Balaban J connectivity index is 1.22. The Bertz CT molecular complexity index is 3010. The van der Waals surface area contributed by atoms with Crippen LogP contribution >= 0.6 is 0 Å². The van der Waals surface area contributed by atoms with Crippen molar-refractivity contribution in [3.63, 3.8) is 0 Å².